The van der Waals surface area contributed by atoms with Gasteiger partial charge in [-0.2, -0.15) is 0 Å². The van der Waals surface area contributed by atoms with Gasteiger partial charge in [0.05, 0.1) is 20.3 Å². The Hall–Kier alpha value is -1.62. The summed E-state index contributed by atoms with van der Waals surface area (Å²) in [6.45, 7) is 4.19. The van der Waals surface area contributed by atoms with Gasteiger partial charge in [0, 0.05) is 31.3 Å². The molecule has 98 valence electrons. The molecule has 1 saturated heterocycles. The third-order valence-corrected chi connectivity index (χ3v) is 3.05. The number of ether oxygens (including phenoxy) is 2. The first-order chi connectivity index (χ1) is 8.54. The Bertz CT molecular complexity index is 444. The highest BCUT2D eigenvalue weighted by Crippen LogP contribution is 2.27. The van der Waals surface area contributed by atoms with Gasteiger partial charge in [0.2, 0.25) is 0 Å². The van der Waals surface area contributed by atoms with Crippen LogP contribution in [0.1, 0.15) is 17.4 Å². The largest absolute Gasteiger partial charge is 0.497 e. The minimum atomic E-state index is -0.0953. The lowest BCUT2D eigenvalue weighted by Gasteiger charge is -2.40. The number of hydrogen-bond acceptors (Lipinski definition) is 4. The summed E-state index contributed by atoms with van der Waals surface area (Å²) >= 11 is 0. The van der Waals surface area contributed by atoms with Crippen LogP contribution < -0.4 is 4.74 Å². The van der Waals surface area contributed by atoms with Crippen LogP contribution in [-0.2, 0) is 4.74 Å². The van der Waals surface area contributed by atoms with E-state index in [-0.39, 0.29) is 11.3 Å². The molecule has 0 bridgehead atoms. The molecule has 0 saturated carbocycles. The van der Waals surface area contributed by atoms with Crippen molar-refractivity contribution in [1.82, 2.24) is 9.88 Å². The molecule has 18 heavy (non-hydrogen) atoms. The Kier molecular flexibility index (Phi) is 3.52. The molecular weight excluding hydrogens is 232 g/mol. The van der Waals surface area contributed by atoms with Crippen molar-refractivity contribution in [1.29, 1.82) is 0 Å². The topological polar surface area (TPSA) is 51.7 Å². The second kappa shape index (κ2) is 4.94. The number of nitrogens with zero attached hydrogens (tertiary/aromatic N) is 2. The van der Waals surface area contributed by atoms with Gasteiger partial charge in [-0.25, -0.2) is 0 Å². The standard InChI is InChI=1S/C13H18N2O3/c1-13(8-18-9-13)7-15(2)12(16)11-6-10(17-3)4-5-14-11/h4-6H,7-9H2,1-3H3. The number of aromatic nitrogens is 1. The maximum atomic E-state index is 12.2. The second-order valence-corrected chi connectivity index (χ2v) is 5.05. The van der Waals surface area contributed by atoms with Crippen LogP contribution in [0.4, 0.5) is 0 Å². The summed E-state index contributed by atoms with van der Waals surface area (Å²) in [6.07, 6.45) is 1.58. The van der Waals surface area contributed by atoms with Crippen molar-refractivity contribution in [2.45, 2.75) is 6.92 Å². The Morgan fingerprint density at radius 3 is 2.89 bits per heavy atom. The molecule has 0 aromatic carbocycles. The number of pyridine rings is 1. The van der Waals surface area contributed by atoms with Crippen molar-refractivity contribution in [3.8, 4) is 5.75 Å². The number of amides is 1. The van der Waals surface area contributed by atoms with Crippen LogP contribution in [0.25, 0.3) is 0 Å². The summed E-state index contributed by atoms with van der Waals surface area (Å²) < 4.78 is 10.3. The maximum Gasteiger partial charge on any atom is 0.272 e. The monoisotopic (exact) mass is 250 g/mol. The van der Waals surface area contributed by atoms with E-state index in [4.69, 9.17) is 9.47 Å². The fourth-order valence-electron chi connectivity index (χ4n) is 2.04. The molecule has 0 unspecified atom stereocenters. The van der Waals surface area contributed by atoms with Gasteiger partial charge in [0.25, 0.3) is 5.91 Å². The molecule has 5 heteroatoms. The van der Waals surface area contributed by atoms with E-state index >= 15 is 0 Å². The molecule has 0 radical (unpaired) electrons. The predicted molar refractivity (Wildman–Crippen MR) is 66.7 cm³/mol. The highest BCUT2D eigenvalue weighted by atomic mass is 16.5. The van der Waals surface area contributed by atoms with E-state index in [1.165, 1.54) is 0 Å². The lowest BCUT2D eigenvalue weighted by Crippen LogP contribution is -2.49. The first-order valence-electron chi connectivity index (χ1n) is 5.87. The highest BCUT2D eigenvalue weighted by molar-refractivity contribution is 5.92. The normalized spacial score (nSPS) is 16.8. The summed E-state index contributed by atoms with van der Waals surface area (Å²) in [5, 5.41) is 0. The summed E-state index contributed by atoms with van der Waals surface area (Å²) in [5.41, 5.74) is 0.476. The molecule has 1 aliphatic rings. The fraction of sp³-hybridized carbons (Fsp3) is 0.538. The van der Waals surface area contributed by atoms with Gasteiger partial charge >= 0.3 is 0 Å². The van der Waals surface area contributed by atoms with E-state index in [0.717, 1.165) is 0 Å². The maximum absolute atomic E-state index is 12.2. The molecule has 2 rings (SSSR count). The molecule has 1 fully saturated rings. The molecule has 2 heterocycles. The average Bonchev–Trinajstić information content (AvgIpc) is 2.36. The number of methoxy groups -OCH3 is 1. The molecule has 1 aliphatic heterocycles. The summed E-state index contributed by atoms with van der Waals surface area (Å²) in [4.78, 5) is 18.0. The van der Waals surface area contributed by atoms with Crippen molar-refractivity contribution in [2.24, 2.45) is 5.41 Å². The number of carbonyl (C=O) groups is 1. The molecule has 0 atom stereocenters. The van der Waals surface area contributed by atoms with Crippen molar-refractivity contribution >= 4 is 5.91 Å². The van der Waals surface area contributed by atoms with Gasteiger partial charge in [-0.1, -0.05) is 6.92 Å². The number of rotatable bonds is 4. The van der Waals surface area contributed by atoms with Crippen LogP contribution in [0, 0.1) is 5.41 Å². The van der Waals surface area contributed by atoms with E-state index in [0.29, 0.717) is 31.2 Å². The van der Waals surface area contributed by atoms with Crippen LogP contribution in [0.3, 0.4) is 0 Å². The molecule has 0 N–H and O–H groups in total. The molecular formula is C13H18N2O3. The minimum absolute atomic E-state index is 0.0727. The smallest absolute Gasteiger partial charge is 0.272 e. The van der Waals surface area contributed by atoms with E-state index < -0.39 is 0 Å². The van der Waals surface area contributed by atoms with Crippen LogP contribution in [0.5, 0.6) is 5.75 Å². The van der Waals surface area contributed by atoms with Gasteiger partial charge in [-0.05, 0) is 6.07 Å². The number of carbonyl (C=O) groups excluding carboxylic acids is 1. The Balaban J connectivity index is 2.05. The quantitative estimate of drug-likeness (QED) is 0.805. The van der Waals surface area contributed by atoms with Crippen molar-refractivity contribution in [3.63, 3.8) is 0 Å². The van der Waals surface area contributed by atoms with Crippen molar-refractivity contribution in [3.05, 3.63) is 24.0 Å². The molecule has 1 aromatic heterocycles. The Labute approximate surface area is 107 Å². The van der Waals surface area contributed by atoms with E-state index in [1.807, 2.05) is 0 Å². The van der Waals surface area contributed by atoms with Crippen LogP contribution in [-0.4, -0.2) is 49.7 Å². The lowest BCUT2D eigenvalue weighted by molar-refractivity contribution is -0.109. The zero-order chi connectivity index (χ0) is 13.2. The zero-order valence-corrected chi connectivity index (χ0v) is 11.0. The molecule has 5 nitrogen and oxygen atoms in total. The third kappa shape index (κ3) is 2.61. The van der Waals surface area contributed by atoms with Gasteiger partial charge in [0.1, 0.15) is 11.4 Å². The van der Waals surface area contributed by atoms with Gasteiger partial charge in [-0.3, -0.25) is 9.78 Å². The molecule has 0 aliphatic carbocycles. The SMILES string of the molecule is COc1ccnc(C(=O)N(C)CC2(C)COC2)c1. The minimum Gasteiger partial charge on any atom is -0.497 e. The predicted octanol–water partition coefficient (Wildman–Crippen LogP) is 1.20. The average molecular weight is 250 g/mol. The second-order valence-electron chi connectivity index (χ2n) is 5.05. The van der Waals surface area contributed by atoms with Gasteiger partial charge in [-0.15, -0.1) is 0 Å². The summed E-state index contributed by atoms with van der Waals surface area (Å²) in [7, 11) is 3.35. The van der Waals surface area contributed by atoms with Crippen LogP contribution in [0.15, 0.2) is 18.3 Å². The lowest BCUT2D eigenvalue weighted by atomic mass is 9.88. The van der Waals surface area contributed by atoms with E-state index in [2.05, 4.69) is 11.9 Å². The van der Waals surface area contributed by atoms with Crippen LogP contribution >= 0.6 is 0 Å². The van der Waals surface area contributed by atoms with E-state index in [9.17, 15) is 4.79 Å². The molecule has 0 spiro atoms. The van der Waals surface area contributed by atoms with Crippen molar-refractivity contribution < 1.29 is 14.3 Å². The summed E-state index contributed by atoms with van der Waals surface area (Å²) in [6, 6.07) is 3.37. The first-order valence-corrected chi connectivity index (χ1v) is 5.87. The van der Waals surface area contributed by atoms with Gasteiger partial charge in [0.15, 0.2) is 0 Å². The molecule has 1 aromatic rings. The zero-order valence-electron chi connectivity index (χ0n) is 11.0. The summed E-state index contributed by atoms with van der Waals surface area (Å²) in [5.74, 6) is 0.543. The molecule has 1 amide bonds. The first kappa shape index (κ1) is 12.8. The Morgan fingerprint density at radius 1 is 1.61 bits per heavy atom. The van der Waals surface area contributed by atoms with Gasteiger partial charge < -0.3 is 14.4 Å². The van der Waals surface area contributed by atoms with Crippen LogP contribution in [0.2, 0.25) is 0 Å². The fourth-order valence-corrected chi connectivity index (χ4v) is 2.04. The number of hydrogen-bond donors (Lipinski definition) is 0. The highest BCUT2D eigenvalue weighted by Gasteiger charge is 2.35. The van der Waals surface area contributed by atoms with E-state index in [1.54, 1.807) is 37.4 Å². The Morgan fingerprint density at radius 2 is 2.33 bits per heavy atom. The van der Waals surface area contributed by atoms with Crippen molar-refractivity contribution in [2.75, 3.05) is 33.9 Å². The third-order valence-electron chi connectivity index (χ3n) is 3.05.